The molecule has 1 rings (SSSR count). The first kappa shape index (κ1) is 17.9. The fraction of sp³-hybridized carbons (Fsp3) is 0.500. The number of guanidine groups is 1. The second kappa shape index (κ2) is 9.76. The number of amides is 1. The largest absolute Gasteiger partial charge is 0.357 e. The van der Waals surface area contributed by atoms with Crippen molar-refractivity contribution in [1.82, 2.24) is 16.0 Å². The molecule has 1 amide bonds. The third kappa shape index (κ3) is 6.11. The Morgan fingerprint density at radius 3 is 2.55 bits per heavy atom. The van der Waals surface area contributed by atoms with Crippen molar-refractivity contribution in [3.05, 3.63) is 35.1 Å². The molecule has 6 heteroatoms. The lowest BCUT2D eigenvalue weighted by Crippen LogP contribution is -2.41. The lowest BCUT2D eigenvalue weighted by molar-refractivity contribution is 0.0954. The Balaban J connectivity index is 2.39. The number of rotatable bonds is 7. The molecule has 0 heterocycles. The summed E-state index contributed by atoms with van der Waals surface area (Å²) in [5, 5.41) is 9.01. The number of hydrogen-bond acceptors (Lipinski definition) is 2. The summed E-state index contributed by atoms with van der Waals surface area (Å²) >= 11 is 0. The van der Waals surface area contributed by atoms with Gasteiger partial charge in [-0.15, -0.1) is 0 Å². The quantitative estimate of drug-likeness (QED) is 0.409. The van der Waals surface area contributed by atoms with Crippen LogP contribution in [0.15, 0.2) is 23.2 Å². The van der Waals surface area contributed by atoms with Crippen LogP contribution in [0, 0.1) is 12.7 Å². The summed E-state index contributed by atoms with van der Waals surface area (Å²) in [7, 11) is 0. The van der Waals surface area contributed by atoms with Crippen molar-refractivity contribution in [1.29, 1.82) is 0 Å². The van der Waals surface area contributed by atoms with E-state index < -0.39 is 0 Å². The minimum atomic E-state index is -0.369. The molecule has 1 aromatic rings. The number of benzene rings is 1. The minimum absolute atomic E-state index is 0.281. The van der Waals surface area contributed by atoms with Crippen LogP contribution in [0.4, 0.5) is 4.39 Å². The highest BCUT2D eigenvalue weighted by molar-refractivity contribution is 5.94. The molecule has 0 fully saturated rings. The van der Waals surface area contributed by atoms with E-state index in [0.717, 1.165) is 25.5 Å². The van der Waals surface area contributed by atoms with Crippen molar-refractivity contribution >= 4 is 11.9 Å². The lowest BCUT2D eigenvalue weighted by Gasteiger charge is -2.11. The predicted octanol–water partition coefficient (Wildman–Crippen LogP) is 1.83. The molecule has 0 aliphatic carbocycles. The van der Waals surface area contributed by atoms with Crippen LogP contribution in [0.2, 0.25) is 0 Å². The summed E-state index contributed by atoms with van der Waals surface area (Å²) in [5.41, 5.74) is 0.857. The van der Waals surface area contributed by atoms with E-state index in [1.165, 1.54) is 6.07 Å². The topological polar surface area (TPSA) is 65.5 Å². The van der Waals surface area contributed by atoms with Gasteiger partial charge in [-0.1, -0.05) is 13.0 Å². The van der Waals surface area contributed by atoms with Crippen LogP contribution in [-0.2, 0) is 0 Å². The highest BCUT2D eigenvalue weighted by atomic mass is 19.1. The molecule has 0 unspecified atom stereocenters. The van der Waals surface area contributed by atoms with Crippen LogP contribution >= 0.6 is 0 Å². The maximum Gasteiger partial charge on any atom is 0.251 e. The van der Waals surface area contributed by atoms with E-state index in [9.17, 15) is 9.18 Å². The summed E-state index contributed by atoms with van der Waals surface area (Å²) in [6, 6.07) is 4.47. The van der Waals surface area contributed by atoms with Crippen molar-refractivity contribution in [2.45, 2.75) is 27.2 Å². The molecular formula is C16H25FN4O. The molecule has 3 N–H and O–H groups in total. The highest BCUT2D eigenvalue weighted by Crippen LogP contribution is 2.08. The first-order chi connectivity index (χ1) is 10.6. The third-order valence-corrected chi connectivity index (χ3v) is 2.97. The highest BCUT2D eigenvalue weighted by Gasteiger charge is 2.07. The zero-order chi connectivity index (χ0) is 16.4. The molecule has 0 bridgehead atoms. The van der Waals surface area contributed by atoms with E-state index in [1.54, 1.807) is 19.1 Å². The zero-order valence-electron chi connectivity index (χ0n) is 13.5. The van der Waals surface area contributed by atoms with Gasteiger partial charge in [0.2, 0.25) is 0 Å². The molecule has 0 atom stereocenters. The van der Waals surface area contributed by atoms with Crippen LogP contribution in [0.1, 0.15) is 36.2 Å². The average molecular weight is 308 g/mol. The van der Waals surface area contributed by atoms with E-state index in [-0.39, 0.29) is 11.7 Å². The molecule has 122 valence electrons. The maximum atomic E-state index is 13.4. The maximum absolute atomic E-state index is 13.4. The number of aryl methyl sites for hydroxylation is 1. The van der Waals surface area contributed by atoms with Gasteiger partial charge in [-0.25, -0.2) is 4.39 Å². The number of nitrogens with zero attached hydrogens (tertiary/aromatic N) is 1. The molecule has 0 saturated carbocycles. The Labute approximate surface area is 131 Å². The monoisotopic (exact) mass is 308 g/mol. The number of carbonyl (C=O) groups excluding carboxylic acids is 1. The standard InChI is InChI=1S/C16H25FN4O/c1-4-8-20-16(18-5-2)21-10-9-19-15(22)13-7-6-12(3)14(17)11-13/h6-7,11H,4-5,8-10H2,1-3H3,(H,19,22)(H2,18,20,21). The number of hydrogen-bond donors (Lipinski definition) is 3. The van der Waals surface area contributed by atoms with E-state index in [2.05, 4.69) is 27.9 Å². The third-order valence-electron chi connectivity index (χ3n) is 2.97. The molecule has 0 radical (unpaired) electrons. The van der Waals surface area contributed by atoms with Crippen molar-refractivity contribution in [3.8, 4) is 0 Å². The van der Waals surface area contributed by atoms with Gasteiger partial charge < -0.3 is 16.0 Å². The Bertz CT molecular complexity index is 517. The molecule has 0 aliphatic heterocycles. The molecule has 0 spiro atoms. The lowest BCUT2D eigenvalue weighted by atomic mass is 10.1. The second-order valence-electron chi connectivity index (χ2n) is 4.91. The molecule has 1 aromatic carbocycles. The van der Waals surface area contributed by atoms with Crippen LogP contribution in [0.3, 0.4) is 0 Å². The molecule has 0 aliphatic rings. The van der Waals surface area contributed by atoms with Gasteiger partial charge in [0.05, 0.1) is 0 Å². The molecular weight excluding hydrogens is 283 g/mol. The van der Waals surface area contributed by atoms with Gasteiger partial charge in [-0.3, -0.25) is 9.79 Å². The molecule has 0 saturated heterocycles. The van der Waals surface area contributed by atoms with Gasteiger partial charge in [0.25, 0.3) is 5.91 Å². The Morgan fingerprint density at radius 1 is 1.18 bits per heavy atom. The molecule has 5 nitrogen and oxygen atoms in total. The Morgan fingerprint density at radius 2 is 1.91 bits per heavy atom. The van der Waals surface area contributed by atoms with Gasteiger partial charge in [-0.2, -0.15) is 0 Å². The number of carbonyl (C=O) groups is 1. The fourth-order valence-corrected chi connectivity index (χ4v) is 1.76. The summed E-state index contributed by atoms with van der Waals surface area (Å²) in [5.74, 6) is 0.0862. The van der Waals surface area contributed by atoms with Crippen molar-refractivity contribution in [2.24, 2.45) is 4.99 Å². The van der Waals surface area contributed by atoms with E-state index in [0.29, 0.717) is 24.2 Å². The van der Waals surface area contributed by atoms with Gasteiger partial charge in [0.15, 0.2) is 5.96 Å². The minimum Gasteiger partial charge on any atom is -0.357 e. The summed E-state index contributed by atoms with van der Waals surface area (Å²) < 4.78 is 13.4. The summed E-state index contributed by atoms with van der Waals surface area (Å²) in [4.78, 5) is 16.3. The van der Waals surface area contributed by atoms with Crippen LogP contribution in [-0.4, -0.2) is 38.0 Å². The van der Waals surface area contributed by atoms with Crippen LogP contribution in [0.5, 0.6) is 0 Å². The van der Waals surface area contributed by atoms with Gasteiger partial charge in [-0.05, 0) is 38.0 Å². The Hall–Kier alpha value is -2.11. The Kier molecular flexibility index (Phi) is 7.96. The van der Waals surface area contributed by atoms with E-state index in [4.69, 9.17) is 0 Å². The second-order valence-corrected chi connectivity index (χ2v) is 4.91. The van der Waals surface area contributed by atoms with E-state index >= 15 is 0 Å². The SMILES string of the molecule is CCCN=C(NCC)NCCNC(=O)c1ccc(C)c(F)c1. The summed E-state index contributed by atoms with van der Waals surface area (Å²) in [6.07, 6.45) is 0.978. The van der Waals surface area contributed by atoms with E-state index in [1.807, 2.05) is 6.92 Å². The first-order valence-electron chi connectivity index (χ1n) is 7.65. The van der Waals surface area contributed by atoms with Crippen molar-refractivity contribution < 1.29 is 9.18 Å². The van der Waals surface area contributed by atoms with Gasteiger partial charge in [0.1, 0.15) is 5.82 Å². The van der Waals surface area contributed by atoms with Crippen molar-refractivity contribution in [2.75, 3.05) is 26.2 Å². The van der Waals surface area contributed by atoms with Crippen LogP contribution in [0.25, 0.3) is 0 Å². The van der Waals surface area contributed by atoms with Gasteiger partial charge >= 0.3 is 0 Å². The molecule has 22 heavy (non-hydrogen) atoms. The number of nitrogens with one attached hydrogen (secondary N) is 3. The fourth-order valence-electron chi connectivity index (χ4n) is 1.76. The summed E-state index contributed by atoms with van der Waals surface area (Å²) in [6.45, 7) is 8.25. The number of aliphatic imine (C=N–C) groups is 1. The van der Waals surface area contributed by atoms with Crippen LogP contribution < -0.4 is 16.0 Å². The van der Waals surface area contributed by atoms with Gasteiger partial charge in [0, 0.05) is 31.7 Å². The first-order valence-corrected chi connectivity index (χ1v) is 7.65. The zero-order valence-corrected chi connectivity index (χ0v) is 13.5. The average Bonchev–Trinajstić information content (AvgIpc) is 2.51. The number of halogens is 1. The predicted molar refractivity (Wildman–Crippen MR) is 87.7 cm³/mol. The van der Waals surface area contributed by atoms with Crippen molar-refractivity contribution in [3.63, 3.8) is 0 Å². The molecule has 0 aromatic heterocycles. The smallest absolute Gasteiger partial charge is 0.251 e. The normalized spacial score (nSPS) is 11.2.